The molecular formula is C20H24N2O5S2. The molecule has 1 amide bonds. The van der Waals surface area contributed by atoms with Crippen LogP contribution < -0.4 is 0 Å². The van der Waals surface area contributed by atoms with Crippen molar-refractivity contribution in [3.05, 3.63) is 52.4 Å². The standard InChI is InChI=1S/C20H24N2O5S2/c1-15-4-3-5-16(12-15)6-7-18(23)21-8-10-22(11-9-21)29(25,26)19-13-17(14-28-19)20(24)27-2/h3-5,12-14H,6-11H2,1-2H3. The first-order valence-corrected chi connectivity index (χ1v) is 11.6. The highest BCUT2D eigenvalue weighted by molar-refractivity contribution is 7.91. The van der Waals surface area contributed by atoms with E-state index in [2.05, 4.69) is 10.8 Å². The zero-order valence-corrected chi connectivity index (χ0v) is 18.1. The molecule has 0 saturated carbocycles. The number of hydrogen-bond donors (Lipinski definition) is 0. The summed E-state index contributed by atoms with van der Waals surface area (Å²) in [6.07, 6.45) is 1.08. The smallest absolute Gasteiger partial charge is 0.338 e. The molecule has 1 aromatic carbocycles. The molecule has 0 atom stereocenters. The average molecular weight is 437 g/mol. The quantitative estimate of drug-likeness (QED) is 0.649. The predicted molar refractivity (Wildman–Crippen MR) is 110 cm³/mol. The molecule has 0 N–H and O–H groups in total. The summed E-state index contributed by atoms with van der Waals surface area (Å²) < 4.78 is 31.7. The summed E-state index contributed by atoms with van der Waals surface area (Å²) in [6.45, 7) is 3.23. The van der Waals surface area contributed by atoms with E-state index in [0.717, 1.165) is 22.5 Å². The highest BCUT2D eigenvalue weighted by Gasteiger charge is 2.31. The normalized spacial score (nSPS) is 15.3. The van der Waals surface area contributed by atoms with E-state index in [1.54, 1.807) is 4.90 Å². The lowest BCUT2D eigenvalue weighted by Crippen LogP contribution is -2.50. The maximum absolute atomic E-state index is 12.8. The Labute approximate surface area is 174 Å². The predicted octanol–water partition coefficient (Wildman–Crippen LogP) is 2.31. The second-order valence-electron chi connectivity index (χ2n) is 6.92. The van der Waals surface area contributed by atoms with Crippen LogP contribution in [0.15, 0.2) is 39.9 Å². The largest absolute Gasteiger partial charge is 0.465 e. The van der Waals surface area contributed by atoms with Crippen LogP contribution in [0.3, 0.4) is 0 Å². The number of rotatable bonds is 6. The van der Waals surface area contributed by atoms with E-state index < -0.39 is 16.0 Å². The van der Waals surface area contributed by atoms with Crippen molar-refractivity contribution in [1.29, 1.82) is 0 Å². The average Bonchev–Trinajstić information content (AvgIpc) is 3.23. The van der Waals surface area contributed by atoms with E-state index in [1.165, 1.54) is 22.9 Å². The molecule has 0 aliphatic carbocycles. The lowest BCUT2D eigenvalue weighted by atomic mass is 10.1. The van der Waals surface area contributed by atoms with Crippen molar-refractivity contribution < 1.29 is 22.7 Å². The molecule has 3 rings (SSSR count). The van der Waals surface area contributed by atoms with Crippen LogP contribution in [0.4, 0.5) is 0 Å². The molecule has 2 aromatic rings. The summed E-state index contributed by atoms with van der Waals surface area (Å²) in [5, 5.41) is 1.48. The van der Waals surface area contributed by atoms with E-state index in [9.17, 15) is 18.0 Å². The van der Waals surface area contributed by atoms with Gasteiger partial charge >= 0.3 is 5.97 Å². The van der Waals surface area contributed by atoms with Crippen molar-refractivity contribution >= 4 is 33.2 Å². The van der Waals surface area contributed by atoms with Crippen LogP contribution in [-0.4, -0.2) is 62.8 Å². The van der Waals surface area contributed by atoms with E-state index in [4.69, 9.17) is 0 Å². The monoisotopic (exact) mass is 436 g/mol. The molecule has 1 aliphatic heterocycles. The maximum Gasteiger partial charge on any atom is 0.338 e. The number of esters is 1. The Bertz CT molecular complexity index is 992. The highest BCUT2D eigenvalue weighted by Crippen LogP contribution is 2.25. The molecule has 1 aliphatic rings. The summed E-state index contributed by atoms with van der Waals surface area (Å²) in [5.74, 6) is -0.528. The number of ether oxygens (including phenoxy) is 1. The number of aryl methyl sites for hydroxylation is 2. The first kappa shape index (κ1) is 21.5. The molecule has 0 radical (unpaired) electrons. The van der Waals surface area contributed by atoms with Gasteiger partial charge < -0.3 is 9.64 Å². The van der Waals surface area contributed by atoms with E-state index >= 15 is 0 Å². The summed E-state index contributed by atoms with van der Waals surface area (Å²) in [7, 11) is -2.43. The van der Waals surface area contributed by atoms with Crippen molar-refractivity contribution in [2.45, 2.75) is 24.0 Å². The number of methoxy groups -OCH3 is 1. The minimum atomic E-state index is -3.69. The molecule has 7 nitrogen and oxygen atoms in total. The first-order valence-electron chi connectivity index (χ1n) is 9.31. The molecule has 29 heavy (non-hydrogen) atoms. The number of hydrogen-bond acceptors (Lipinski definition) is 6. The summed E-state index contributed by atoms with van der Waals surface area (Å²) in [6, 6.07) is 9.42. The van der Waals surface area contributed by atoms with Gasteiger partial charge in [0.1, 0.15) is 4.21 Å². The third kappa shape index (κ3) is 5.04. The summed E-state index contributed by atoms with van der Waals surface area (Å²) in [5.41, 5.74) is 2.51. The third-order valence-electron chi connectivity index (χ3n) is 4.89. The molecule has 1 fully saturated rings. The minimum Gasteiger partial charge on any atom is -0.465 e. The maximum atomic E-state index is 12.8. The molecular weight excluding hydrogens is 412 g/mol. The van der Waals surface area contributed by atoms with Gasteiger partial charge in [0.2, 0.25) is 5.91 Å². The van der Waals surface area contributed by atoms with Gasteiger partial charge in [-0.15, -0.1) is 11.3 Å². The van der Waals surface area contributed by atoms with E-state index in [1.807, 2.05) is 25.1 Å². The Hall–Kier alpha value is -2.23. The Morgan fingerprint density at radius 2 is 1.86 bits per heavy atom. The van der Waals surface area contributed by atoms with Gasteiger partial charge in [-0.2, -0.15) is 4.31 Å². The van der Waals surface area contributed by atoms with Gasteiger partial charge in [-0.3, -0.25) is 4.79 Å². The fourth-order valence-corrected chi connectivity index (χ4v) is 5.98. The molecule has 156 valence electrons. The number of carbonyl (C=O) groups is 2. The number of benzene rings is 1. The van der Waals surface area contributed by atoms with Gasteiger partial charge in [-0.1, -0.05) is 29.8 Å². The van der Waals surface area contributed by atoms with Crippen molar-refractivity contribution in [2.75, 3.05) is 33.3 Å². The van der Waals surface area contributed by atoms with Gasteiger partial charge in [-0.05, 0) is 25.0 Å². The summed E-state index contributed by atoms with van der Waals surface area (Å²) in [4.78, 5) is 25.8. The fourth-order valence-electron chi connectivity index (χ4n) is 3.26. The van der Waals surface area contributed by atoms with Crippen LogP contribution in [0.5, 0.6) is 0 Å². The number of amides is 1. The fraction of sp³-hybridized carbons (Fsp3) is 0.400. The third-order valence-corrected chi connectivity index (χ3v) is 8.21. The van der Waals surface area contributed by atoms with Gasteiger partial charge in [0, 0.05) is 38.0 Å². The molecule has 0 spiro atoms. The lowest BCUT2D eigenvalue weighted by molar-refractivity contribution is -0.132. The Kier molecular flexibility index (Phi) is 6.71. The summed E-state index contributed by atoms with van der Waals surface area (Å²) >= 11 is 0.997. The van der Waals surface area contributed by atoms with Crippen LogP contribution in [0.25, 0.3) is 0 Å². The number of carbonyl (C=O) groups excluding carboxylic acids is 2. The first-order chi connectivity index (χ1) is 13.8. The molecule has 0 bridgehead atoms. The van der Waals surface area contributed by atoms with Crippen LogP contribution in [0.1, 0.15) is 27.9 Å². The minimum absolute atomic E-state index is 0.0349. The van der Waals surface area contributed by atoms with Gasteiger partial charge in [0.15, 0.2) is 0 Å². The number of sulfonamides is 1. The van der Waals surface area contributed by atoms with Gasteiger partial charge in [0.05, 0.1) is 12.7 Å². The highest BCUT2D eigenvalue weighted by atomic mass is 32.2. The van der Waals surface area contributed by atoms with Gasteiger partial charge in [0.25, 0.3) is 10.0 Å². The molecule has 0 unspecified atom stereocenters. The van der Waals surface area contributed by atoms with Crippen LogP contribution in [-0.2, 0) is 26.0 Å². The molecule has 2 heterocycles. The second-order valence-corrected chi connectivity index (χ2v) is 10.00. The second kappa shape index (κ2) is 9.06. The topological polar surface area (TPSA) is 84.0 Å². The van der Waals surface area contributed by atoms with Crippen molar-refractivity contribution in [3.8, 4) is 0 Å². The zero-order chi connectivity index (χ0) is 21.0. The van der Waals surface area contributed by atoms with Gasteiger partial charge in [-0.25, -0.2) is 13.2 Å². The Balaban J connectivity index is 1.55. The number of piperazine rings is 1. The lowest BCUT2D eigenvalue weighted by Gasteiger charge is -2.33. The Morgan fingerprint density at radius 3 is 2.52 bits per heavy atom. The van der Waals surface area contributed by atoms with Crippen LogP contribution in [0.2, 0.25) is 0 Å². The zero-order valence-electron chi connectivity index (χ0n) is 16.5. The molecule has 1 saturated heterocycles. The van der Waals surface area contributed by atoms with Crippen molar-refractivity contribution in [1.82, 2.24) is 9.21 Å². The van der Waals surface area contributed by atoms with E-state index in [-0.39, 0.29) is 28.8 Å². The van der Waals surface area contributed by atoms with Crippen LogP contribution in [0, 0.1) is 6.92 Å². The number of nitrogens with zero attached hydrogens (tertiary/aromatic N) is 2. The Morgan fingerprint density at radius 1 is 1.14 bits per heavy atom. The molecule has 9 heteroatoms. The number of thiophene rings is 1. The van der Waals surface area contributed by atoms with E-state index in [0.29, 0.717) is 25.9 Å². The van der Waals surface area contributed by atoms with Crippen molar-refractivity contribution in [3.63, 3.8) is 0 Å². The van der Waals surface area contributed by atoms with Crippen molar-refractivity contribution in [2.24, 2.45) is 0 Å². The van der Waals surface area contributed by atoms with Crippen LogP contribution >= 0.6 is 11.3 Å². The molecule has 1 aromatic heterocycles. The SMILES string of the molecule is COC(=O)c1csc(S(=O)(=O)N2CCN(C(=O)CCc3cccc(C)c3)CC2)c1.